The highest BCUT2D eigenvalue weighted by molar-refractivity contribution is 5.64. The van der Waals surface area contributed by atoms with Crippen LogP contribution in [-0.2, 0) is 15.9 Å². The Balaban J connectivity index is 1.76. The van der Waals surface area contributed by atoms with Crippen molar-refractivity contribution in [1.82, 2.24) is 5.32 Å². The summed E-state index contributed by atoms with van der Waals surface area (Å²) in [6.45, 7) is 4.64. The number of hydrogen-bond donors (Lipinski definition) is 1. The average Bonchev–Trinajstić information content (AvgIpc) is 2.61. The van der Waals surface area contributed by atoms with E-state index in [1.165, 1.54) is 22.3 Å². The van der Waals surface area contributed by atoms with Crippen LogP contribution < -0.4 is 5.32 Å². The molecule has 3 rings (SSSR count). The zero-order valence-electron chi connectivity index (χ0n) is 13.9. The number of benzene rings is 2. The molecule has 3 nitrogen and oxygen atoms in total. The van der Waals surface area contributed by atoms with Crippen molar-refractivity contribution in [2.45, 2.75) is 25.5 Å². The van der Waals surface area contributed by atoms with Gasteiger partial charge in [0.05, 0.1) is 19.3 Å². The summed E-state index contributed by atoms with van der Waals surface area (Å²) in [5.41, 5.74) is 5.04. The zero-order chi connectivity index (χ0) is 16.1. The number of ether oxygens (including phenoxy) is 2. The van der Waals surface area contributed by atoms with Gasteiger partial charge in [0.2, 0.25) is 0 Å². The fourth-order valence-corrected chi connectivity index (χ4v) is 3.10. The first-order chi connectivity index (χ1) is 11.3. The lowest BCUT2D eigenvalue weighted by atomic mass is 9.97. The van der Waals surface area contributed by atoms with E-state index in [0.717, 1.165) is 26.2 Å². The van der Waals surface area contributed by atoms with Crippen LogP contribution in [0.1, 0.15) is 24.2 Å². The minimum absolute atomic E-state index is 0.144. The second-order valence-corrected chi connectivity index (χ2v) is 6.10. The van der Waals surface area contributed by atoms with Crippen molar-refractivity contribution in [2.75, 3.05) is 26.9 Å². The van der Waals surface area contributed by atoms with Gasteiger partial charge >= 0.3 is 0 Å². The maximum absolute atomic E-state index is 5.91. The monoisotopic (exact) mass is 311 g/mol. The molecule has 2 aromatic rings. The second-order valence-electron chi connectivity index (χ2n) is 6.10. The molecule has 0 unspecified atom stereocenters. The molecule has 1 aliphatic rings. The molecule has 1 saturated heterocycles. The number of morpholine rings is 1. The molecule has 0 bridgehead atoms. The molecule has 0 radical (unpaired) electrons. The highest BCUT2D eigenvalue weighted by Crippen LogP contribution is 2.27. The van der Waals surface area contributed by atoms with E-state index in [9.17, 15) is 0 Å². The Hall–Kier alpha value is -1.68. The van der Waals surface area contributed by atoms with Gasteiger partial charge in [0.15, 0.2) is 0 Å². The average molecular weight is 311 g/mol. The lowest BCUT2D eigenvalue weighted by molar-refractivity contribution is -0.000215. The molecule has 2 aromatic carbocycles. The molecular weight excluding hydrogens is 286 g/mol. The number of methoxy groups -OCH3 is 1. The quantitative estimate of drug-likeness (QED) is 0.915. The van der Waals surface area contributed by atoms with Crippen molar-refractivity contribution >= 4 is 0 Å². The molecule has 1 fully saturated rings. The molecule has 1 aliphatic heterocycles. The molecule has 0 saturated carbocycles. The Morgan fingerprint density at radius 3 is 2.70 bits per heavy atom. The van der Waals surface area contributed by atoms with E-state index in [1.807, 2.05) is 0 Å². The summed E-state index contributed by atoms with van der Waals surface area (Å²) in [6, 6.07) is 17.8. The first kappa shape index (κ1) is 16.2. The van der Waals surface area contributed by atoms with Crippen LogP contribution in [0, 0.1) is 0 Å². The molecule has 1 heterocycles. The molecule has 122 valence electrons. The fraction of sp³-hybridized carbons (Fsp3) is 0.400. The second kappa shape index (κ2) is 7.73. The molecule has 0 amide bonds. The Morgan fingerprint density at radius 1 is 1.13 bits per heavy atom. The minimum atomic E-state index is 0.144. The van der Waals surface area contributed by atoms with Crippen LogP contribution >= 0.6 is 0 Å². The third-order valence-corrected chi connectivity index (χ3v) is 4.41. The lowest BCUT2D eigenvalue weighted by Crippen LogP contribution is -2.41. The summed E-state index contributed by atoms with van der Waals surface area (Å²) >= 11 is 0. The van der Waals surface area contributed by atoms with Crippen LogP contribution in [0.5, 0.6) is 0 Å². The SMILES string of the molecule is COCCc1cccc(-c2ccc([C@@H]3OCCN[C@H]3C)cc2)c1. The van der Waals surface area contributed by atoms with Crippen LogP contribution in [0.2, 0.25) is 0 Å². The van der Waals surface area contributed by atoms with Gasteiger partial charge in [-0.05, 0) is 35.6 Å². The van der Waals surface area contributed by atoms with Crippen LogP contribution in [0.4, 0.5) is 0 Å². The van der Waals surface area contributed by atoms with Gasteiger partial charge in [-0.1, -0.05) is 48.5 Å². The van der Waals surface area contributed by atoms with E-state index in [1.54, 1.807) is 7.11 Å². The minimum Gasteiger partial charge on any atom is -0.384 e. The molecule has 3 heteroatoms. The molecule has 2 atom stereocenters. The summed E-state index contributed by atoms with van der Waals surface area (Å²) < 4.78 is 11.1. The van der Waals surface area contributed by atoms with Crippen molar-refractivity contribution < 1.29 is 9.47 Å². The normalized spacial score (nSPS) is 21.3. The van der Waals surface area contributed by atoms with E-state index >= 15 is 0 Å². The van der Waals surface area contributed by atoms with Crippen LogP contribution in [0.15, 0.2) is 48.5 Å². The van der Waals surface area contributed by atoms with Gasteiger partial charge in [0, 0.05) is 19.7 Å². The van der Waals surface area contributed by atoms with Crippen molar-refractivity contribution in [3.05, 3.63) is 59.7 Å². The van der Waals surface area contributed by atoms with Crippen LogP contribution in [0.25, 0.3) is 11.1 Å². The van der Waals surface area contributed by atoms with Crippen molar-refractivity contribution in [3.8, 4) is 11.1 Å². The standard InChI is InChI=1S/C20H25NO2/c1-15-20(23-13-11-21-15)18-8-6-17(7-9-18)19-5-3-4-16(14-19)10-12-22-2/h3-9,14-15,20-21H,10-13H2,1-2H3/t15-,20+/m0/s1. The van der Waals surface area contributed by atoms with Gasteiger partial charge < -0.3 is 14.8 Å². The summed E-state index contributed by atoms with van der Waals surface area (Å²) in [7, 11) is 1.74. The van der Waals surface area contributed by atoms with Gasteiger partial charge in [-0.3, -0.25) is 0 Å². The zero-order valence-corrected chi connectivity index (χ0v) is 13.9. The number of rotatable bonds is 5. The fourth-order valence-electron chi connectivity index (χ4n) is 3.10. The number of hydrogen-bond acceptors (Lipinski definition) is 3. The maximum atomic E-state index is 5.91. The van der Waals surface area contributed by atoms with Crippen molar-refractivity contribution in [3.63, 3.8) is 0 Å². The highest BCUT2D eigenvalue weighted by atomic mass is 16.5. The van der Waals surface area contributed by atoms with Crippen molar-refractivity contribution in [2.24, 2.45) is 0 Å². The van der Waals surface area contributed by atoms with Crippen LogP contribution in [-0.4, -0.2) is 32.9 Å². The van der Waals surface area contributed by atoms with E-state index in [0.29, 0.717) is 6.04 Å². The van der Waals surface area contributed by atoms with Gasteiger partial charge in [0.25, 0.3) is 0 Å². The van der Waals surface area contributed by atoms with E-state index < -0.39 is 0 Å². The molecular formula is C20H25NO2. The van der Waals surface area contributed by atoms with E-state index in [-0.39, 0.29) is 6.10 Å². The lowest BCUT2D eigenvalue weighted by Gasteiger charge is -2.30. The van der Waals surface area contributed by atoms with Gasteiger partial charge in [-0.25, -0.2) is 0 Å². The predicted molar refractivity (Wildman–Crippen MR) is 93.6 cm³/mol. The summed E-state index contributed by atoms with van der Waals surface area (Å²) in [5, 5.41) is 3.47. The first-order valence-electron chi connectivity index (χ1n) is 8.31. The molecule has 0 spiro atoms. The van der Waals surface area contributed by atoms with Crippen LogP contribution in [0.3, 0.4) is 0 Å². The Morgan fingerprint density at radius 2 is 1.96 bits per heavy atom. The largest absolute Gasteiger partial charge is 0.384 e. The van der Waals surface area contributed by atoms with Crippen molar-refractivity contribution in [1.29, 1.82) is 0 Å². The molecule has 23 heavy (non-hydrogen) atoms. The Labute approximate surface area is 138 Å². The molecule has 0 aromatic heterocycles. The molecule has 0 aliphatic carbocycles. The molecule has 1 N–H and O–H groups in total. The third-order valence-electron chi connectivity index (χ3n) is 4.41. The summed E-state index contributed by atoms with van der Waals surface area (Å²) in [6.07, 6.45) is 1.09. The third kappa shape index (κ3) is 3.99. The predicted octanol–water partition coefficient (Wildman–Crippen LogP) is 3.59. The Bertz CT molecular complexity index is 624. The smallest absolute Gasteiger partial charge is 0.0975 e. The summed E-state index contributed by atoms with van der Waals surface area (Å²) in [4.78, 5) is 0. The number of nitrogens with one attached hydrogen (secondary N) is 1. The van der Waals surface area contributed by atoms with E-state index in [4.69, 9.17) is 9.47 Å². The first-order valence-corrected chi connectivity index (χ1v) is 8.31. The van der Waals surface area contributed by atoms with Gasteiger partial charge in [0.1, 0.15) is 0 Å². The maximum Gasteiger partial charge on any atom is 0.0975 e. The van der Waals surface area contributed by atoms with Gasteiger partial charge in [-0.2, -0.15) is 0 Å². The Kier molecular flexibility index (Phi) is 5.44. The summed E-state index contributed by atoms with van der Waals surface area (Å²) in [5.74, 6) is 0. The van der Waals surface area contributed by atoms with E-state index in [2.05, 4.69) is 60.8 Å². The van der Waals surface area contributed by atoms with Gasteiger partial charge in [-0.15, -0.1) is 0 Å². The highest BCUT2D eigenvalue weighted by Gasteiger charge is 2.23. The topological polar surface area (TPSA) is 30.5 Å².